The van der Waals surface area contributed by atoms with Crippen LogP contribution >= 0.6 is 0 Å². The number of carbonyl (C=O) groups is 1. The molecule has 0 bridgehead atoms. The molecule has 230 valence electrons. The summed E-state index contributed by atoms with van der Waals surface area (Å²) in [4.78, 5) is 42.1. The molecule has 3 aromatic rings. The van der Waals surface area contributed by atoms with Gasteiger partial charge in [-0.25, -0.2) is 0 Å². The van der Waals surface area contributed by atoms with E-state index in [0.717, 1.165) is 62.6 Å². The molecule has 0 aliphatic carbocycles. The van der Waals surface area contributed by atoms with Gasteiger partial charge in [0.1, 0.15) is 18.2 Å². The zero-order chi connectivity index (χ0) is 30.5. The lowest BCUT2D eigenvalue weighted by Crippen LogP contribution is -2.45. The average Bonchev–Trinajstić information content (AvgIpc) is 3.50. The number of pyridine rings is 1. The molecule has 2 aromatic heterocycles. The maximum Gasteiger partial charge on any atom is 0.278 e. The minimum Gasteiger partial charge on any atom is -0.492 e. The number of aromatic nitrogens is 3. The van der Waals surface area contributed by atoms with E-state index in [0.29, 0.717) is 47.9 Å². The molecule has 2 aliphatic rings. The van der Waals surface area contributed by atoms with Crippen LogP contribution in [-0.4, -0.2) is 101 Å². The number of carbonyl (C=O) groups excluding carboxylic acids is 1. The second-order valence-corrected chi connectivity index (χ2v) is 11.8. The third kappa shape index (κ3) is 7.41. The van der Waals surface area contributed by atoms with Gasteiger partial charge in [-0.1, -0.05) is 13.0 Å². The Balaban J connectivity index is 1.36. The van der Waals surface area contributed by atoms with E-state index in [4.69, 9.17) is 4.74 Å². The van der Waals surface area contributed by atoms with Gasteiger partial charge in [0.2, 0.25) is 0 Å². The number of nitrogens with zero attached hydrogens (tertiary/aromatic N) is 6. The fourth-order valence-electron chi connectivity index (χ4n) is 5.71. The number of piperazine rings is 1. The Kier molecular flexibility index (Phi) is 9.74. The lowest BCUT2D eigenvalue weighted by atomic mass is 10.1. The molecular weight excluding hydrogens is 546 g/mol. The molecule has 5 rings (SSSR count). The van der Waals surface area contributed by atoms with Crippen LogP contribution in [0.15, 0.2) is 46.3 Å². The number of hydrogen-bond acceptors (Lipinski definition) is 7. The van der Waals surface area contributed by atoms with Gasteiger partial charge >= 0.3 is 0 Å². The number of nitrogens with one attached hydrogen (secondary N) is 1. The highest BCUT2D eigenvalue weighted by molar-refractivity contribution is 6.12. The molecule has 1 saturated heterocycles. The number of rotatable bonds is 11. The Labute approximate surface area is 252 Å². The van der Waals surface area contributed by atoms with Gasteiger partial charge in [-0.3, -0.25) is 24.2 Å². The number of H-pyrrole nitrogens is 1. The zero-order valence-corrected chi connectivity index (χ0v) is 25.7. The highest BCUT2D eigenvalue weighted by Gasteiger charge is 2.29. The van der Waals surface area contributed by atoms with Crippen LogP contribution in [0.5, 0.6) is 5.75 Å². The number of amidine groups is 1. The molecule has 1 fully saturated rings. The predicted molar refractivity (Wildman–Crippen MR) is 168 cm³/mol. The Bertz CT molecular complexity index is 1520. The molecule has 1 atom stereocenters. The lowest BCUT2D eigenvalue weighted by molar-refractivity contribution is 0.100. The number of hydrogen-bond donors (Lipinski definition) is 2. The number of fused-ring (bicyclic) bond motifs is 1. The van der Waals surface area contributed by atoms with Crippen molar-refractivity contribution in [3.63, 3.8) is 0 Å². The first-order valence-electron chi connectivity index (χ1n) is 15.1. The number of aryl methyl sites for hydroxylation is 2. The van der Waals surface area contributed by atoms with E-state index in [9.17, 15) is 14.7 Å². The van der Waals surface area contributed by atoms with Crippen molar-refractivity contribution in [1.29, 1.82) is 0 Å². The molecule has 0 saturated carbocycles. The Morgan fingerprint density at radius 2 is 1.95 bits per heavy atom. The Morgan fingerprint density at radius 1 is 1.16 bits per heavy atom. The maximum atomic E-state index is 13.6. The maximum absolute atomic E-state index is 13.6. The fraction of sp³-hybridized carbons (Fsp3) is 0.500. The van der Waals surface area contributed by atoms with Crippen LogP contribution in [0, 0.1) is 12.8 Å². The van der Waals surface area contributed by atoms with E-state index in [1.165, 1.54) is 4.68 Å². The molecule has 4 heterocycles. The molecule has 43 heavy (non-hydrogen) atoms. The molecule has 0 spiro atoms. The van der Waals surface area contributed by atoms with E-state index < -0.39 is 0 Å². The molecule has 2 aliphatic heterocycles. The number of anilines is 1. The minimum atomic E-state index is -0.376. The number of aliphatic imine (C=N–C) groups is 1. The van der Waals surface area contributed by atoms with E-state index >= 15 is 0 Å². The van der Waals surface area contributed by atoms with Crippen LogP contribution in [0.25, 0.3) is 11.3 Å². The number of aliphatic hydroxyl groups is 1. The molecule has 1 aromatic carbocycles. The summed E-state index contributed by atoms with van der Waals surface area (Å²) in [5.74, 6) is 1.38. The quantitative estimate of drug-likeness (QED) is 0.351. The van der Waals surface area contributed by atoms with Crippen LogP contribution in [0.4, 0.5) is 5.69 Å². The van der Waals surface area contributed by atoms with Crippen LogP contribution in [0.3, 0.4) is 0 Å². The minimum absolute atomic E-state index is 0.152. The van der Waals surface area contributed by atoms with Crippen molar-refractivity contribution in [2.75, 3.05) is 64.4 Å². The Hall–Kier alpha value is -3.80. The topological polar surface area (TPSA) is 119 Å². The summed E-state index contributed by atoms with van der Waals surface area (Å²) in [6, 6.07) is 9.45. The Morgan fingerprint density at radius 3 is 2.67 bits per heavy atom. The van der Waals surface area contributed by atoms with Gasteiger partial charge in [0.05, 0.1) is 11.3 Å². The first-order valence-corrected chi connectivity index (χ1v) is 15.1. The van der Waals surface area contributed by atoms with Gasteiger partial charge < -0.3 is 24.7 Å². The molecular formula is C32H43N7O4. The van der Waals surface area contributed by atoms with Crippen molar-refractivity contribution >= 4 is 17.4 Å². The summed E-state index contributed by atoms with van der Waals surface area (Å²) in [5.41, 5.74) is 3.74. The van der Waals surface area contributed by atoms with Crippen molar-refractivity contribution in [3.05, 3.63) is 63.7 Å². The second-order valence-electron chi connectivity index (χ2n) is 11.8. The van der Waals surface area contributed by atoms with Gasteiger partial charge in [-0.05, 0) is 56.5 Å². The van der Waals surface area contributed by atoms with Crippen molar-refractivity contribution in [2.24, 2.45) is 18.0 Å². The number of aromatic amines is 1. The first kappa shape index (κ1) is 30.7. The smallest absolute Gasteiger partial charge is 0.278 e. The molecule has 0 radical (unpaired) electrons. The number of aliphatic hydroxyl groups excluding tert-OH is 1. The largest absolute Gasteiger partial charge is 0.492 e. The van der Waals surface area contributed by atoms with Gasteiger partial charge in [0, 0.05) is 88.6 Å². The molecule has 11 nitrogen and oxygen atoms in total. The fourth-order valence-corrected chi connectivity index (χ4v) is 5.71. The van der Waals surface area contributed by atoms with Gasteiger partial charge in [0.15, 0.2) is 0 Å². The monoisotopic (exact) mass is 589 g/mol. The van der Waals surface area contributed by atoms with Crippen molar-refractivity contribution in [1.82, 2.24) is 24.6 Å². The normalized spacial score (nSPS) is 17.4. The second kappa shape index (κ2) is 13.7. The summed E-state index contributed by atoms with van der Waals surface area (Å²) in [7, 11) is 3.79. The van der Waals surface area contributed by atoms with E-state index in [-0.39, 0.29) is 24.0 Å². The van der Waals surface area contributed by atoms with E-state index in [1.807, 2.05) is 6.07 Å². The van der Waals surface area contributed by atoms with Gasteiger partial charge in [0.25, 0.3) is 11.5 Å². The van der Waals surface area contributed by atoms with Gasteiger partial charge in [-0.2, -0.15) is 4.99 Å². The summed E-state index contributed by atoms with van der Waals surface area (Å²) in [6.07, 6.45) is 3.71. The standard InChI is InChI=1S/C32H43N7O4/c1-22(6-5-14-40)21-39-29-19-26(43-15-13-38-11-9-36(3)10-12-38)8-7-24(29)18-30(39)35-31(41)25-16-23(2)34-28(17-25)27-20-33-37(4)32(27)42/h7-8,16-17,19-20,22,33,40H,5-6,9-15,18,21H2,1-4H3/t22-/m1/s1. The summed E-state index contributed by atoms with van der Waals surface area (Å²) < 4.78 is 7.56. The molecule has 1 amide bonds. The van der Waals surface area contributed by atoms with E-state index in [1.54, 1.807) is 32.3 Å². The van der Waals surface area contributed by atoms with Gasteiger partial charge in [-0.15, -0.1) is 0 Å². The third-order valence-corrected chi connectivity index (χ3v) is 8.27. The van der Waals surface area contributed by atoms with Crippen molar-refractivity contribution < 1.29 is 14.6 Å². The number of ether oxygens (including phenoxy) is 1. The third-order valence-electron chi connectivity index (χ3n) is 8.27. The summed E-state index contributed by atoms with van der Waals surface area (Å²) >= 11 is 0. The summed E-state index contributed by atoms with van der Waals surface area (Å²) in [6.45, 7) is 10.5. The zero-order valence-electron chi connectivity index (χ0n) is 25.7. The van der Waals surface area contributed by atoms with E-state index in [2.05, 4.69) is 55.9 Å². The van der Waals surface area contributed by atoms with Crippen molar-refractivity contribution in [3.8, 4) is 17.0 Å². The average molecular weight is 590 g/mol. The van der Waals surface area contributed by atoms with Crippen LogP contribution in [0.1, 0.15) is 41.4 Å². The highest BCUT2D eigenvalue weighted by Crippen LogP contribution is 2.34. The van der Waals surface area contributed by atoms with Crippen LogP contribution in [-0.2, 0) is 13.5 Å². The predicted octanol–water partition coefficient (Wildman–Crippen LogP) is 2.72. The number of amides is 1. The molecule has 2 N–H and O–H groups in total. The van der Waals surface area contributed by atoms with Crippen molar-refractivity contribution in [2.45, 2.75) is 33.1 Å². The first-order chi connectivity index (χ1) is 20.7. The van der Waals surface area contributed by atoms with Crippen LogP contribution in [0.2, 0.25) is 0 Å². The molecule has 0 unspecified atom stereocenters. The highest BCUT2D eigenvalue weighted by atomic mass is 16.5. The summed E-state index contributed by atoms with van der Waals surface area (Å²) in [5, 5.41) is 12.2. The number of likely N-dealkylation sites (N-methyl/N-ethyl adjacent to an activating group) is 1. The van der Waals surface area contributed by atoms with Crippen LogP contribution < -0.4 is 15.2 Å². The molecule has 11 heteroatoms. The SMILES string of the molecule is Cc1cc(C(=O)N=C2Cc3ccc(OCCN4CCN(C)CC4)cc3N2C[C@H](C)CCCO)cc(-c2c[nH]n(C)c2=O)n1. The number of benzene rings is 1. The lowest BCUT2D eigenvalue weighted by Gasteiger charge is -2.32.